The van der Waals surface area contributed by atoms with Crippen LogP contribution < -0.4 is 10.5 Å². The zero-order valence-electron chi connectivity index (χ0n) is 10.3. The highest BCUT2D eigenvalue weighted by molar-refractivity contribution is 7.92. The summed E-state index contributed by atoms with van der Waals surface area (Å²) >= 11 is 0. The molecule has 0 radical (unpaired) electrons. The van der Waals surface area contributed by atoms with Crippen molar-refractivity contribution in [3.8, 4) is 0 Å². The Labute approximate surface area is 114 Å². The van der Waals surface area contributed by atoms with Gasteiger partial charge in [-0.25, -0.2) is 8.42 Å². The monoisotopic (exact) mass is 297 g/mol. The van der Waals surface area contributed by atoms with Gasteiger partial charge >= 0.3 is 0 Å². The maximum atomic E-state index is 12.1. The number of sulfonamides is 1. The van der Waals surface area contributed by atoms with Gasteiger partial charge in [-0.1, -0.05) is 0 Å². The zero-order valence-corrected chi connectivity index (χ0v) is 11.2. The second-order valence-electron chi connectivity index (χ2n) is 3.96. The van der Waals surface area contributed by atoms with Gasteiger partial charge in [0.15, 0.2) is 5.82 Å². The molecule has 3 N–H and O–H groups in total. The number of benzene rings is 1. The molecule has 0 spiro atoms. The summed E-state index contributed by atoms with van der Waals surface area (Å²) in [5.41, 5.74) is 4.85. The van der Waals surface area contributed by atoms with E-state index < -0.39 is 20.6 Å². The second-order valence-corrected chi connectivity index (χ2v) is 5.64. The first-order chi connectivity index (χ1) is 9.29. The predicted octanol–water partition coefficient (Wildman–Crippen LogP) is 0.711. The standard InChI is InChI=1S/C10H11N5O4S/c1-14-5-4-10(12-14)13-20(18,19)7-2-3-8(11)9(6-7)15(16)17/h2-6H,11H2,1H3,(H,12,13). The summed E-state index contributed by atoms with van der Waals surface area (Å²) in [6.07, 6.45) is 1.56. The van der Waals surface area contributed by atoms with E-state index >= 15 is 0 Å². The number of nitro benzene ring substituents is 1. The maximum Gasteiger partial charge on any atom is 0.293 e. The van der Waals surface area contributed by atoms with Crippen LogP contribution in [0.5, 0.6) is 0 Å². The third-order valence-corrected chi connectivity index (χ3v) is 3.81. The van der Waals surface area contributed by atoms with Gasteiger partial charge in [0.1, 0.15) is 5.69 Å². The van der Waals surface area contributed by atoms with E-state index in [0.29, 0.717) is 0 Å². The van der Waals surface area contributed by atoms with Crippen molar-refractivity contribution in [2.45, 2.75) is 4.90 Å². The normalized spacial score (nSPS) is 11.2. The predicted molar refractivity (Wildman–Crippen MR) is 71.5 cm³/mol. The Bertz CT molecular complexity index is 768. The fourth-order valence-corrected chi connectivity index (χ4v) is 2.53. The summed E-state index contributed by atoms with van der Waals surface area (Å²) in [4.78, 5) is 9.76. The highest BCUT2D eigenvalue weighted by Gasteiger charge is 2.20. The van der Waals surface area contributed by atoms with Crippen LogP contribution in [0.25, 0.3) is 0 Å². The quantitative estimate of drug-likeness (QED) is 0.485. The molecule has 20 heavy (non-hydrogen) atoms. The largest absolute Gasteiger partial charge is 0.393 e. The van der Waals surface area contributed by atoms with Crippen molar-refractivity contribution in [1.82, 2.24) is 9.78 Å². The van der Waals surface area contributed by atoms with Crippen molar-refractivity contribution in [3.63, 3.8) is 0 Å². The van der Waals surface area contributed by atoms with Gasteiger partial charge in [0, 0.05) is 25.4 Å². The van der Waals surface area contributed by atoms with Crippen molar-refractivity contribution in [3.05, 3.63) is 40.6 Å². The van der Waals surface area contributed by atoms with Crippen LogP contribution in [0, 0.1) is 10.1 Å². The third-order valence-electron chi connectivity index (χ3n) is 2.46. The molecular formula is C10H11N5O4S. The Kier molecular flexibility index (Phi) is 3.32. The number of hydrogen-bond acceptors (Lipinski definition) is 6. The highest BCUT2D eigenvalue weighted by Crippen LogP contribution is 2.25. The molecule has 1 aromatic heterocycles. The lowest BCUT2D eigenvalue weighted by Crippen LogP contribution is -2.14. The molecule has 0 bridgehead atoms. The van der Waals surface area contributed by atoms with Crippen molar-refractivity contribution >= 4 is 27.2 Å². The van der Waals surface area contributed by atoms with Gasteiger partial charge in [-0.15, -0.1) is 0 Å². The zero-order chi connectivity index (χ0) is 14.9. The van der Waals surface area contributed by atoms with Gasteiger partial charge in [-0.2, -0.15) is 5.10 Å². The first-order valence-corrected chi connectivity index (χ1v) is 6.84. The molecule has 0 amide bonds. The third kappa shape index (κ3) is 2.69. The lowest BCUT2D eigenvalue weighted by atomic mass is 10.3. The van der Waals surface area contributed by atoms with Crippen molar-refractivity contribution < 1.29 is 13.3 Å². The molecule has 0 saturated heterocycles. The molecule has 0 aliphatic carbocycles. The minimum Gasteiger partial charge on any atom is -0.393 e. The van der Waals surface area contributed by atoms with Crippen LogP contribution in [0.15, 0.2) is 35.4 Å². The van der Waals surface area contributed by atoms with Crippen LogP contribution in [-0.4, -0.2) is 23.1 Å². The van der Waals surface area contributed by atoms with Gasteiger partial charge in [0.25, 0.3) is 15.7 Å². The van der Waals surface area contributed by atoms with Crippen molar-refractivity contribution in [2.75, 3.05) is 10.5 Å². The van der Waals surface area contributed by atoms with E-state index in [2.05, 4.69) is 9.82 Å². The molecule has 0 fully saturated rings. The Balaban J connectivity index is 2.39. The molecule has 1 aromatic carbocycles. The second kappa shape index (κ2) is 4.81. The number of hydrogen-bond donors (Lipinski definition) is 2. The Morgan fingerprint density at radius 1 is 1.40 bits per heavy atom. The van der Waals surface area contributed by atoms with Crippen LogP contribution in [0.3, 0.4) is 0 Å². The fraction of sp³-hybridized carbons (Fsp3) is 0.100. The average Bonchev–Trinajstić information content (AvgIpc) is 2.73. The number of rotatable bonds is 4. The number of nitrogens with zero attached hydrogens (tertiary/aromatic N) is 3. The van der Waals surface area contributed by atoms with E-state index in [4.69, 9.17) is 5.73 Å². The lowest BCUT2D eigenvalue weighted by molar-refractivity contribution is -0.384. The van der Waals surface area contributed by atoms with Crippen LogP contribution >= 0.6 is 0 Å². The number of aryl methyl sites for hydroxylation is 1. The SMILES string of the molecule is Cn1ccc(NS(=O)(=O)c2ccc(N)c([N+](=O)[O-])c2)n1. The molecule has 10 heteroatoms. The number of nitro groups is 1. The molecular weight excluding hydrogens is 286 g/mol. The van der Waals surface area contributed by atoms with Crippen molar-refractivity contribution in [1.29, 1.82) is 0 Å². The Morgan fingerprint density at radius 3 is 2.65 bits per heavy atom. The highest BCUT2D eigenvalue weighted by atomic mass is 32.2. The summed E-state index contributed by atoms with van der Waals surface area (Å²) in [5, 5.41) is 14.6. The Morgan fingerprint density at radius 2 is 2.10 bits per heavy atom. The number of nitrogen functional groups attached to an aromatic ring is 1. The van der Waals surface area contributed by atoms with E-state index in [1.165, 1.54) is 22.9 Å². The number of anilines is 2. The van der Waals surface area contributed by atoms with Crippen LogP contribution in [0.4, 0.5) is 17.2 Å². The minimum atomic E-state index is -3.96. The smallest absolute Gasteiger partial charge is 0.293 e. The lowest BCUT2D eigenvalue weighted by Gasteiger charge is -2.06. The number of aromatic nitrogens is 2. The first kappa shape index (κ1) is 13.8. The molecule has 106 valence electrons. The molecule has 0 unspecified atom stereocenters. The molecule has 0 aliphatic rings. The maximum absolute atomic E-state index is 12.1. The summed E-state index contributed by atoms with van der Waals surface area (Å²) in [5.74, 6) is 0.118. The molecule has 9 nitrogen and oxygen atoms in total. The van der Waals surface area contributed by atoms with Gasteiger partial charge in [0.2, 0.25) is 0 Å². The topological polar surface area (TPSA) is 133 Å². The average molecular weight is 297 g/mol. The van der Waals surface area contributed by atoms with Gasteiger partial charge < -0.3 is 5.73 Å². The molecule has 2 aromatic rings. The first-order valence-electron chi connectivity index (χ1n) is 5.36. The Hall–Kier alpha value is -2.62. The van der Waals surface area contributed by atoms with Crippen LogP contribution in [-0.2, 0) is 17.1 Å². The molecule has 0 atom stereocenters. The fourth-order valence-electron chi connectivity index (χ4n) is 1.51. The summed E-state index contributed by atoms with van der Waals surface area (Å²) in [6.45, 7) is 0. The van der Waals surface area contributed by atoms with Crippen LogP contribution in [0.2, 0.25) is 0 Å². The molecule has 2 rings (SSSR count). The van der Waals surface area contributed by atoms with E-state index in [0.717, 1.165) is 6.07 Å². The van der Waals surface area contributed by atoms with E-state index in [-0.39, 0.29) is 16.4 Å². The van der Waals surface area contributed by atoms with Gasteiger partial charge in [-0.05, 0) is 12.1 Å². The number of nitrogens with one attached hydrogen (secondary N) is 1. The minimum absolute atomic E-state index is 0.105. The molecule has 0 aliphatic heterocycles. The van der Waals surface area contributed by atoms with Crippen molar-refractivity contribution in [2.24, 2.45) is 7.05 Å². The molecule has 0 saturated carbocycles. The van der Waals surface area contributed by atoms with Crippen LogP contribution in [0.1, 0.15) is 0 Å². The van der Waals surface area contributed by atoms with Gasteiger partial charge in [0.05, 0.1) is 9.82 Å². The van der Waals surface area contributed by atoms with E-state index in [1.54, 1.807) is 13.2 Å². The van der Waals surface area contributed by atoms with E-state index in [9.17, 15) is 18.5 Å². The summed E-state index contributed by atoms with van der Waals surface area (Å²) in [6, 6.07) is 4.72. The van der Waals surface area contributed by atoms with Gasteiger partial charge in [-0.3, -0.25) is 19.5 Å². The molecule has 1 heterocycles. The summed E-state index contributed by atoms with van der Waals surface area (Å²) < 4.78 is 27.8. The summed E-state index contributed by atoms with van der Waals surface area (Å²) in [7, 11) is -2.33. The van der Waals surface area contributed by atoms with E-state index in [1.807, 2.05) is 0 Å². The number of nitrogens with two attached hydrogens (primary N) is 1.